The fraction of sp³-hybridized carbons (Fsp3) is 0.240. The van der Waals surface area contributed by atoms with Gasteiger partial charge in [0.25, 0.3) is 5.92 Å². The minimum Gasteiger partial charge on any atom is -0.320 e. The van der Waals surface area contributed by atoms with Gasteiger partial charge in [0.1, 0.15) is 6.04 Å². The Bertz CT molecular complexity index is 1280. The van der Waals surface area contributed by atoms with Crippen LogP contribution in [-0.4, -0.2) is 45.1 Å². The molecule has 0 spiro atoms. The summed E-state index contributed by atoms with van der Waals surface area (Å²) in [5.41, 5.74) is 2.78. The summed E-state index contributed by atoms with van der Waals surface area (Å²) in [6, 6.07) is 11.8. The normalized spacial score (nSPS) is 17.4. The van der Waals surface area contributed by atoms with Crippen molar-refractivity contribution in [2.45, 2.75) is 31.2 Å². The number of aromatic nitrogens is 2. The number of nitrogens with zero attached hydrogens (tertiary/aromatic N) is 4. The molecule has 1 fully saturated rings. The van der Waals surface area contributed by atoms with Crippen molar-refractivity contribution in [3.63, 3.8) is 0 Å². The summed E-state index contributed by atoms with van der Waals surface area (Å²) in [5, 5.41) is 10.0. The lowest BCUT2D eigenvalue weighted by Crippen LogP contribution is -2.36. The number of likely N-dealkylation sites (tertiary alicyclic amines) is 1. The minimum absolute atomic E-state index is 0.147. The summed E-state index contributed by atoms with van der Waals surface area (Å²) in [6.07, 6.45) is 7.34. The van der Waals surface area contributed by atoms with Crippen molar-refractivity contribution in [1.82, 2.24) is 14.9 Å². The molecule has 3 aromatic rings. The van der Waals surface area contributed by atoms with Gasteiger partial charge < -0.3 is 4.90 Å². The van der Waals surface area contributed by atoms with Crippen LogP contribution in [0.3, 0.4) is 0 Å². The average Bonchev–Trinajstić information content (AvgIpc) is 3.15. The van der Waals surface area contributed by atoms with Crippen LogP contribution in [0.15, 0.2) is 55.0 Å². The second kappa shape index (κ2) is 9.25. The Hall–Kier alpha value is -3.99. The van der Waals surface area contributed by atoms with Crippen LogP contribution in [0.25, 0.3) is 23.1 Å². The second-order valence-corrected chi connectivity index (χ2v) is 7.90. The highest BCUT2D eigenvalue weighted by Gasteiger charge is 2.47. The maximum absolute atomic E-state index is 13.6. The number of pyridine rings is 2. The number of carbonyl (C=O) groups excluding carboxylic acids is 2. The molecule has 0 aliphatic carbocycles. The highest BCUT2D eigenvalue weighted by atomic mass is 19.3. The molecule has 3 heterocycles. The number of fused-ring (bicyclic) bond motifs is 1. The maximum Gasteiger partial charge on any atom is 0.268 e. The third kappa shape index (κ3) is 5.09. The van der Waals surface area contributed by atoms with Crippen LogP contribution in [0.1, 0.15) is 40.7 Å². The zero-order chi connectivity index (χ0) is 23.4. The van der Waals surface area contributed by atoms with Gasteiger partial charge in [0, 0.05) is 54.4 Å². The van der Waals surface area contributed by atoms with E-state index in [0.717, 1.165) is 21.4 Å². The summed E-state index contributed by atoms with van der Waals surface area (Å²) in [6.45, 7) is -0.789. The van der Waals surface area contributed by atoms with Crippen molar-refractivity contribution in [1.29, 1.82) is 5.26 Å². The predicted molar refractivity (Wildman–Crippen MR) is 119 cm³/mol. The number of rotatable bonds is 6. The Labute approximate surface area is 189 Å². The van der Waals surface area contributed by atoms with Crippen molar-refractivity contribution in [3.8, 4) is 6.07 Å². The Morgan fingerprint density at radius 2 is 2.03 bits per heavy atom. The van der Waals surface area contributed by atoms with Crippen LogP contribution >= 0.6 is 0 Å². The summed E-state index contributed by atoms with van der Waals surface area (Å²) in [7, 11) is 0. The highest BCUT2D eigenvalue weighted by molar-refractivity contribution is 6.01. The molecular formula is C25H20F2N4O2. The number of alkyl halides is 2. The van der Waals surface area contributed by atoms with Gasteiger partial charge in [0.2, 0.25) is 5.91 Å². The van der Waals surface area contributed by atoms with Gasteiger partial charge in [-0.3, -0.25) is 19.6 Å². The topological polar surface area (TPSA) is 87.0 Å². The quantitative estimate of drug-likeness (QED) is 0.520. The van der Waals surface area contributed by atoms with E-state index < -0.39 is 30.8 Å². The van der Waals surface area contributed by atoms with Crippen molar-refractivity contribution < 1.29 is 18.4 Å². The molecule has 0 unspecified atom stereocenters. The van der Waals surface area contributed by atoms with Crippen LogP contribution in [0.5, 0.6) is 0 Å². The smallest absolute Gasteiger partial charge is 0.268 e. The van der Waals surface area contributed by atoms with E-state index >= 15 is 0 Å². The maximum atomic E-state index is 13.6. The van der Waals surface area contributed by atoms with Crippen molar-refractivity contribution in [3.05, 3.63) is 71.7 Å². The van der Waals surface area contributed by atoms with Gasteiger partial charge >= 0.3 is 0 Å². The molecule has 8 heteroatoms. The monoisotopic (exact) mass is 446 g/mol. The first-order valence-electron chi connectivity index (χ1n) is 10.4. The third-order valence-corrected chi connectivity index (χ3v) is 5.54. The molecule has 1 atom stereocenters. The van der Waals surface area contributed by atoms with E-state index in [0.29, 0.717) is 11.1 Å². The van der Waals surface area contributed by atoms with E-state index in [1.54, 1.807) is 30.6 Å². The van der Waals surface area contributed by atoms with Crippen LogP contribution in [0.4, 0.5) is 8.78 Å². The molecule has 1 amide bonds. The van der Waals surface area contributed by atoms with Crippen molar-refractivity contribution in [2.24, 2.45) is 0 Å². The van der Waals surface area contributed by atoms with Gasteiger partial charge in [-0.1, -0.05) is 24.3 Å². The number of carbonyl (C=O) groups is 2. The Balaban J connectivity index is 1.45. The molecule has 0 bridgehead atoms. The Morgan fingerprint density at radius 1 is 1.18 bits per heavy atom. The lowest BCUT2D eigenvalue weighted by Gasteiger charge is -2.18. The zero-order valence-electron chi connectivity index (χ0n) is 17.6. The standard InChI is InChI=1S/C25H20F2N4O2/c26-25(27)13-20(14-28)31(16-25)24(33)8-7-23(32)21-9-11-29-15-19(21)5-3-17-4-6-22-18(12-17)2-1-10-30-22/h1-6,9-12,15,20H,7-8,13,16H2/b5-3+/t20-/m0/s1. The van der Waals surface area contributed by atoms with E-state index in [2.05, 4.69) is 9.97 Å². The number of Topliss-reactive ketones (excluding diaryl/α,β-unsaturated/α-hetero) is 1. The molecular weight excluding hydrogens is 426 g/mol. The van der Waals surface area contributed by atoms with E-state index in [9.17, 15) is 18.4 Å². The van der Waals surface area contributed by atoms with E-state index in [-0.39, 0.29) is 18.6 Å². The SMILES string of the molecule is N#C[C@@H]1CC(F)(F)CN1C(=O)CCC(=O)c1ccncc1/C=C/c1ccc2ncccc2c1. The number of halogens is 2. The average molecular weight is 446 g/mol. The number of hydrogen-bond acceptors (Lipinski definition) is 5. The predicted octanol–water partition coefficient (Wildman–Crippen LogP) is 4.52. The Morgan fingerprint density at radius 3 is 2.85 bits per heavy atom. The molecule has 2 aromatic heterocycles. The number of amides is 1. The van der Waals surface area contributed by atoms with Gasteiger partial charge in [0.15, 0.2) is 5.78 Å². The number of ketones is 1. The molecule has 0 N–H and O–H groups in total. The summed E-state index contributed by atoms with van der Waals surface area (Å²) in [4.78, 5) is 34.4. The van der Waals surface area contributed by atoms with Gasteiger partial charge in [-0.05, 0) is 29.8 Å². The van der Waals surface area contributed by atoms with Crippen LogP contribution in [0.2, 0.25) is 0 Å². The number of nitriles is 1. The largest absolute Gasteiger partial charge is 0.320 e. The first-order valence-corrected chi connectivity index (χ1v) is 10.4. The van der Waals surface area contributed by atoms with Gasteiger partial charge in [-0.2, -0.15) is 5.26 Å². The van der Waals surface area contributed by atoms with Gasteiger partial charge in [0.05, 0.1) is 18.1 Å². The molecule has 1 saturated heterocycles. The fourth-order valence-electron chi connectivity index (χ4n) is 3.87. The van der Waals surface area contributed by atoms with E-state index in [1.807, 2.05) is 36.4 Å². The second-order valence-electron chi connectivity index (χ2n) is 7.90. The van der Waals surface area contributed by atoms with E-state index in [1.165, 1.54) is 6.20 Å². The lowest BCUT2D eigenvalue weighted by molar-refractivity contribution is -0.132. The molecule has 0 saturated carbocycles. The molecule has 166 valence electrons. The summed E-state index contributed by atoms with van der Waals surface area (Å²) < 4.78 is 27.2. The lowest BCUT2D eigenvalue weighted by atomic mass is 10.0. The summed E-state index contributed by atoms with van der Waals surface area (Å²) >= 11 is 0. The molecule has 1 aliphatic rings. The minimum atomic E-state index is -3.08. The summed E-state index contributed by atoms with van der Waals surface area (Å²) in [5.74, 6) is -4.00. The van der Waals surface area contributed by atoms with Crippen LogP contribution in [0, 0.1) is 11.3 Å². The van der Waals surface area contributed by atoms with Crippen molar-refractivity contribution >= 4 is 34.7 Å². The Kier molecular flexibility index (Phi) is 6.22. The van der Waals surface area contributed by atoms with Crippen LogP contribution in [-0.2, 0) is 4.79 Å². The fourth-order valence-corrected chi connectivity index (χ4v) is 3.87. The molecule has 33 heavy (non-hydrogen) atoms. The first-order chi connectivity index (χ1) is 15.9. The molecule has 0 radical (unpaired) electrons. The van der Waals surface area contributed by atoms with Gasteiger partial charge in [-0.15, -0.1) is 0 Å². The number of hydrogen-bond donors (Lipinski definition) is 0. The molecule has 4 rings (SSSR count). The van der Waals surface area contributed by atoms with Gasteiger partial charge in [-0.25, -0.2) is 8.78 Å². The molecule has 1 aromatic carbocycles. The molecule has 1 aliphatic heterocycles. The van der Waals surface area contributed by atoms with E-state index in [4.69, 9.17) is 5.26 Å². The number of benzene rings is 1. The highest BCUT2D eigenvalue weighted by Crippen LogP contribution is 2.32. The van der Waals surface area contributed by atoms with Crippen molar-refractivity contribution in [2.75, 3.05) is 6.54 Å². The molecule has 6 nitrogen and oxygen atoms in total. The first kappa shape index (κ1) is 22.2. The zero-order valence-corrected chi connectivity index (χ0v) is 17.6. The van der Waals surface area contributed by atoms with Crippen LogP contribution < -0.4 is 0 Å². The third-order valence-electron chi connectivity index (χ3n) is 5.54.